The highest BCUT2D eigenvalue weighted by molar-refractivity contribution is 5.76. The Morgan fingerprint density at radius 3 is 2.67 bits per heavy atom. The summed E-state index contributed by atoms with van der Waals surface area (Å²) in [5.41, 5.74) is 2.77. The van der Waals surface area contributed by atoms with E-state index >= 15 is 0 Å². The maximum absolute atomic E-state index is 12.2. The Labute approximate surface area is 143 Å². The van der Waals surface area contributed by atoms with Crippen LogP contribution in [0.3, 0.4) is 0 Å². The van der Waals surface area contributed by atoms with E-state index in [1.807, 2.05) is 13.8 Å². The number of hydrogen-bond acceptors (Lipinski definition) is 3. The van der Waals surface area contributed by atoms with Crippen LogP contribution >= 0.6 is 0 Å². The maximum Gasteiger partial charge on any atom is 0.220 e. The predicted octanol–water partition coefficient (Wildman–Crippen LogP) is 3.58. The molecule has 5 heteroatoms. The summed E-state index contributed by atoms with van der Waals surface area (Å²) in [6.45, 7) is 3.89. The van der Waals surface area contributed by atoms with Crippen LogP contribution in [-0.2, 0) is 11.2 Å². The lowest BCUT2D eigenvalue weighted by Gasteiger charge is -2.13. The Kier molecular flexibility index (Phi) is 5.28. The van der Waals surface area contributed by atoms with Crippen molar-refractivity contribution in [1.29, 1.82) is 0 Å². The van der Waals surface area contributed by atoms with Crippen molar-refractivity contribution in [3.63, 3.8) is 0 Å². The molecule has 128 valence electrons. The topological polar surface area (TPSA) is 70.7 Å². The molecule has 1 aromatic heterocycles. The predicted molar refractivity (Wildman–Crippen MR) is 93.6 cm³/mol. The lowest BCUT2D eigenvalue weighted by Crippen LogP contribution is -2.28. The molecule has 1 atom stereocenters. The first-order valence-corrected chi connectivity index (χ1v) is 8.92. The molecule has 1 aliphatic rings. The molecule has 1 aromatic carbocycles. The van der Waals surface area contributed by atoms with Crippen molar-refractivity contribution in [2.45, 2.75) is 64.3 Å². The summed E-state index contributed by atoms with van der Waals surface area (Å²) in [5, 5.41) is 10.0. The maximum atomic E-state index is 12.2. The lowest BCUT2D eigenvalue weighted by atomic mass is 10.0. The van der Waals surface area contributed by atoms with E-state index in [0.717, 1.165) is 31.0 Å². The SMILES string of the molecule is CCC(NC(=O)CCCc1ccc(C2CC2)cc1)c1n[nH]c(C)n1. The van der Waals surface area contributed by atoms with E-state index in [9.17, 15) is 4.79 Å². The molecule has 5 nitrogen and oxygen atoms in total. The molecule has 2 N–H and O–H groups in total. The summed E-state index contributed by atoms with van der Waals surface area (Å²) in [7, 11) is 0. The van der Waals surface area contributed by atoms with Crippen LogP contribution in [0.5, 0.6) is 0 Å². The van der Waals surface area contributed by atoms with Gasteiger partial charge in [-0.15, -0.1) is 0 Å². The third kappa shape index (κ3) is 4.43. The number of aromatic amines is 1. The van der Waals surface area contributed by atoms with Crippen LogP contribution in [0.1, 0.15) is 73.8 Å². The molecular formula is C19H26N4O. The summed E-state index contributed by atoms with van der Waals surface area (Å²) in [5.74, 6) is 2.31. The van der Waals surface area contributed by atoms with E-state index in [-0.39, 0.29) is 11.9 Å². The van der Waals surface area contributed by atoms with E-state index in [2.05, 4.69) is 44.8 Å². The molecule has 1 fully saturated rings. The standard InChI is InChI=1S/C19H26N4O/c1-3-17(19-20-13(2)22-23-19)21-18(24)6-4-5-14-7-9-15(10-8-14)16-11-12-16/h7-10,16-17H,3-6,11-12H2,1-2H3,(H,21,24)(H,20,22,23). The second-order valence-corrected chi connectivity index (χ2v) is 6.68. The van der Waals surface area contributed by atoms with Gasteiger partial charge in [0.25, 0.3) is 0 Å². The lowest BCUT2D eigenvalue weighted by molar-refractivity contribution is -0.122. The molecule has 0 bridgehead atoms. The normalized spacial score (nSPS) is 15.2. The number of H-pyrrole nitrogens is 1. The minimum atomic E-state index is -0.111. The van der Waals surface area contributed by atoms with Crippen molar-refractivity contribution < 1.29 is 4.79 Å². The fourth-order valence-electron chi connectivity index (χ4n) is 2.96. The second-order valence-electron chi connectivity index (χ2n) is 6.68. The van der Waals surface area contributed by atoms with E-state index in [1.54, 1.807) is 0 Å². The highest BCUT2D eigenvalue weighted by Crippen LogP contribution is 2.39. The molecule has 0 spiro atoms. The molecule has 0 saturated heterocycles. The van der Waals surface area contributed by atoms with Crippen LogP contribution in [0.4, 0.5) is 0 Å². The molecule has 3 rings (SSSR count). The fraction of sp³-hybridized carbons (Fsp3) is 0.526. The summed E-state index contributed by atoms with van der Waals surface area (Å²) in [6.07, 6.45) is 5.79. The van der Waals surface area contributed by atoms with Crippen LogP contribution < -0.4 is 5.32 Å². The quantitative estimate of drug-likeness (QED) is 0.779. The second kappa shape index (κ2) is 7.60. The van der Waals surface area contributed by atoms with Crippen molar-refractivity contribution in [3.05, 3.63) is 47.0 Å². The highest BCUT2D eigenvalue weighted by Gasteiger charge is 2.22. The number of carbonyl (C=O) groups is 1. The molecule has 1 unspecified atom stereocenters. The van der Waals surface area contributed by atoms with Gasteiger partial charge in [0.1, 0.15) is 5.82 Å². The van der Waals surface area contributed by atoms with Crippen molar-refractivity contribution >= 4 is 5.91 Å². The van der Waals surface area contributed by atoms with Crippen molar-refractivity contribution in [2.75, 3.05) is 0 Å². The van der Waals surface area contributed by atoms with Gasteiger partial charge < -0.3 is 5.32 Å². The van der Waals surface area contributed by atoms with Gasteiger partial charge in [-0.05, 0) is 56.1 Å². The van der Waals surface area contributed by atoms with Gasteiger partial charge in [-0.25, -0.2) is 4.98 Å². The number of benzene rings is 1. The first kappa shape index (κ1) is 16.7. The van der Waals surface area contributed by atoms with E-state index < -0.39 is 0 Å². The average molecular weight is 326 g/mol. The monoisotopic (exact) mass is 326 g/mol. The first-order chi connectivity index (χ1) is 11.7. The molecule has 0 radical (unpaired) electrons. The van der Waals surface area contributed by atoms with E-state index in [4.69, 9.17) is 0 Å². The van der Waals surface area contributed by atoms with Gasteiger partial charge in [-0.3, -0.25) is 9.89 Å². The van der Waals surface area contributed by atoms with Crippen molar-refractivity contribution in [3.8, 4) is 0 Å². The first-order valence-electron chi connectivity index (χ1n) is 8.92. The van der Waals surface area contributed by atoms with Gasteiger partial charge >= 0.3 is 0 Å². The van der Waals surface area contributed by atoms with E-state index in [0.29, 0.717) is 12.2 Å². The molecule has 1 aliphatic carbocycles. The summed E-state index contributed by atoms with van der Waals surface area (Å²) in [6, 6.07) is 8.78. The Bertz CT molecular complexity index is 673. The molecule has 1 heterocycles. The van der Waals surface area contributed by atoms with Gasteiger partial charge in [0, 0.05) is 6.42 Å². The largest absolute Gasteiger partial charge is 0.346 e. The Balaban J connectivity index is 1.43. The number of carbonyl (C=O) groups excluding carboxylic acids is 1. The average Bonchev–Trinajstić information content (AvgIpc) is 3.35. The number of aromatic nitrogens is 3. The third-order valence-corrected chi connectivity index (χ3v) is 4.57. The molecule has 2 aromatic rings. The zero-order chi connectivity index (χ0) is 16.9. The number of aryl methyl sites for hydroxylation is 2. The number of rotatable bonds is 8. The van der Waals surface area contributed by atoms with Crippen LogP contribution in [0.25, 0.3) is 0 Å². The smallest absolute Gasteiger partial charge is 0.220 e. The number of amides is 1. The Hall–Kier alpha value is -2.17. The van der Waals surface area contributed by atoms with E-state index in [1.165, 1.54) is 24.0 Å². The number of nitrogens with one attached hydrogen (secondary N) is 2. The summed E-state index contributed by atoms with van der Waals surface area (Å²) < 4.78 is 0. The third-order valence-electron chi connectivity index (χ3n) is 4.57. The Morgan fingerprint density at radius 2 is 2.08 bits per heavy atom. The van der Waals surface area contributed by atoms with Crippen LogP contribution in [0, 0.1) is 6.92 Å². The zero-order valence-electron chi connectivity index (χ0n) is 14.5. The highest BCUT2D eigenvalue weighted by atomic mass is 16.1. The number of nitrogens with zero attached hydrogens (tertiary/aromatic N) is 2. The molecule has 1 amide bonds. The molecule has 24 heavy (non-hydrogen) atoms. The summed E-state index contributed by atoms with van der Waals surface area (Å²) in [4.78, 5) is 16.5. The number of hydrogen-bond donors (Lipinski definition) is 2. The minimum absolute atomic E-state index is 0.0684. The summed E-state index contributed by atoms with van der Waals surface area (Å²) >= 11 is 0. The molecular weight excluding hydrogens is 300 g/mol. The molecule has 1 saturated carbocycles. The van der Waals surface area contributed by atoms with Crippen molar-refractivity contribution in [2.24, 2.45) is 0 Å². The van der Waals surface area contributed by atoms with Gasteiger partial charge in [0.2, 0.25) is 5.91 Å². The van der Waals surface area contributed by atoms with Crippen LogP contribution in [0.2, 0.25) is 0 Å². The van der Waals surface area contributed by atoms with Crippen molar-refractivity contribution in [1.82, 2.24) is 20.5 Å². The van der Waals surface area contributed by atoms with Gasteiger partial charge in [-0.1, -0.05) is 31.2 Å². The Morgan fingerprint density at radius 1 is 1.33 bits per heavy atom. The zero-order valence-corrected chi connectivity index (χ0v) is 14.5. The van der Waals surface area contributed by atoms with Crippen LogP contribution in [0.15, 0.2) is 24.3 Å². The minimum Gasteiger partial charge on any atom is -0.346 e. The van der Waals surface area contributed by atoms with Gasteiger partial charge in [-0.2, -0.15) is 5.10 Å². The van der Waals surface area contributed by atoms with Gasteiger partial charge in [0.05, 0.1) is 6.04 Å². The molecule has 0 aliphatic heterocycles. The fourth-order valence-corrected chi connectivity index (χ4v) is 2.96. The van der Waals surface area contributed by atoms with Gasteiger partial charge in [0.15, 0.2) is 5.82 Å². The van der Waals surface area contributed by atoms with Crippen LogP contribution in [-0.4, -0.2) is 21.1 Å².